The number of sulfonamides is 1. The molecule has 0 saturated heterocycles. The van der Waals surface area contributed by atoms with Gasteiger partial charge in [-0.25, -0.2) is 17.9 Å². The first kappa shape index (κ1) is 19.2. The van der Waals surface area contributed by atoms with Gasteiger partial charge in [-0.3, -0.25) is 0 Å². The Kier molecular flexibility index (Phi) is 4.88. The maximum Gasteiger partial charge on any atom is 0.511 e. The van der Waals surface area contributed by atoms with Gasteiger partial charge < -0.3 is 15.2 Å². The van der Waals surface area contributed by atoms with Crippen LogP contribution in [0.25, 0.3) is 0 Å². The van der Waals surface area contributed by atoms with Crippen molar-refractivity contribution in [3.05, 3.63) is 53.6 Å². The second-order valence-corrected chi connectivity index (χ2v) is 9.10. The zero-order chi connectivity index (χ0) is 19.8. The van der Waals surface area contributed by atoms with E-state index in [-0.39, 0.29) is 22.1 Å². The van der Waals surface area contributed by atoms with Gasteiger partial charge in [0.1, 0.15) is 5.75 Å². The molecule has 1 aliphatic rings. The monoisotopic (exact) mass is 390 g/mol. The minimum absolute atomic E-state index is 0.108. The second-order valence-electron chi connectivity index (χ2n) is 7.21. The van der Waals surface area contributed by atoms with Gasteiger partial charge in [-0.05, 0) is 60.3 Å². The van der Waals surface area contributed by atoms with E-state index in [1.807, 2.05) is 6.07 Å². The van der Waals surface area contributed by atoms with Gasteiger partial charge in [0.2, 0.25) is 10.0 Å². The fourth-order valence-corrected chi connectivity index (χ4v) is 4.26. The average Bonchev–Trinajstić information content (AvgIpc) is 2.60. The molecule has 3 N–H and O–H groups in total. The van der Waals surface area contributed by atoms with Crippen molar-refractivity contribution in [2.75, 3.05) is 12.4 Å². The van der Waals surface area contributed by atoms with Crippen LogP contribution in [-0.2, 0) is 16.4 Å². The number of nitrogens with one attached hydrogen (secondary N) is 2. The van der Waals surface area contributed by atoms with Crippen molar-refractivity contribution in [2.24, 2.45) is 5.41 Å². The van der Waals surface area contributed by atoms with Gasteiger partial charge in [0, 0.05) is 5.69 Å². The maximum atomic E-state index is 12.1. The molecule has 1 atom stereocenters. The summed E-state index contributed by atoms with van der Waals surface area (Å²) in [7, 11) is -2.14. The smallest absolute Gasteiger partial charge is 0.449 e. The van der Waals surface area contributed by atoms with Crippen LogP contribution in [0.2, 0.25) is 0 Å². The summed E-state index contributed by atoms with van der Waals surface area (Å²) in [4.78, 5) is 11.0. The Morgan fingerprint density at radius 3 is 2.67 bits per heavy atom. The SMILES string of the molecule is CNS(=O)(=O)c1cccc(C2Nc3ccc(OC(=O)O)cc3CC2(C)C)c1. The molecule has 0 spiro atoms. The van der Waals surface area contributed by atoms with Crippen molar-refractivity contribution >= 4 is 21.9 Å². The van der Waals surface area contributed by atoms with Crippen LogP contribution in [0, 0.1) is 5.41 Å². The first-order valence-electron chi connectivity index (χ1n) is 8.46. The Morgan fingerprint density at radius 2 is 2.00 bits per heavy atom. The molecule has 1 aliphatic heterocycles. The highest BCUT2D eigenvalue weighted by molar-refractivity contribution is 7.89. The van der Waals surface area contributed by atoms with E-state index in [4.69, 9.17) is 9.84 Å². The molecule has 0 saturated carbocycles. The zero-order valence-electron chi connectivity index (χ0n) is 15.3. The quantitative estimate of drug-likeness (QED) is 0.546. The Hall–Kier alpha value is -2.58. The number of hydrogen-bond acceptors (Lipinski definition) is 5. The number of anilines is 1. The third-order valence-electron chi connectivity index (χ3n) is 4.78. The van der Waals surface area contributed by atoms with E-state index in [9.17, 15) is 13.2 Å². The summed E-state index contributed by atoms with van der Waals surface area (Å²) in [5.74, 6) is 0.277. The van der Waals surface area contributed by atoms with Crippen molar-refractivity contribution in [3.63, 3.8) is 0 Å². The van der Waals surface area contributed by atoms with Crippen LogP contribution >= 0.6 is 0 Å². The van der Waals surface area contributed by atoms with Crippen molar-refractivity contribution < 1.29 is 23.1 Å². The molecule has 8 heteroatoms. The summed E-state index contributed by atoms with van der Waals surface area (Å²) in [6, 6.07) is 11.9. The van der Waals surface area contributed by atoms with Crippen LogP contribution in [0.15, 0.2) is 47.4 Å². The Morgan fingerprint density at radius 1 is 1.26 bits per heavy atom. The van der Waals surface area contributed by atoms with E-state index < -0.39 is 16.2 Å². The highest BCUT2D eigenvalue weighted by Gasteiger charge is 2.36. The number of carbonyl (C=O) groups is 1. The van der Waals surface area contributed by atoms with Crippen molar-refractivity contribution in [2.45, 2.75) is 31.2 Å². The van der Waals surface area contributed by atoms with Crippen LogP contribution < -0.4 is 14.8 Å². The summed E-state index contributed by atoms with van der Waals surface area (Å²) in [6.45, 7) is 4.16. The van der Waals surface area contributed by atoms with Gasteiger partial charge in [0.25, 0.3) is 0 Å². The minimum Gasteiger partial charge on any atom is -0.449 e. The van der Waals surface area contributed by atoms with Crippen LogP contribution in [0.5, 0.6) is 5.75 Å². The lowest BCUT2D eigenvalue weighted by Gasteiger charge is -2.41. The largest absolute Gasteiger partial charge is 0.511 e. The number of benzene rings is 2. The van der Waals surface area contributed by atoms with Gasteiger partial charge >= 0.3 is 6.16 Å². The fraction of sp³-hybridized carbons (Fsp3) is 0.316. The highest BCUT2D eigenvalue weighted by atomic mass is 32.2. The molecule has 0 aliphatic carbocycles. The van der Waals surface area contributed by atoms with E-state index in [2.05, 4.69) is 23.9 Å². The van der Waals surface area contributed by atoms with Gasteiger partial charge in [-0.15, -0.1) is 0 Å². The third-order valence-corrected chi connectivity index (χ3v) is 6.19. The first-order valence-corrected chi connectivity index (χ1v) is 9.94. The second kappa shape index (κ2) is 6.86. The molecule has 1 heterocycles. The normalized spacial score (nSPS) is 18.3. The molecular formula is C19H22N2O5S. The van der Waals surface area contributed by atoms with Crippen LogP contribution in [-0.4, -0.2) is 26.7 Å². The van der Waals surface area contributed by atoms with Gasteiger partial charge in [0.15, 0.2) is 0 Å². The van der Waals surface area contributed by atoms with Crippen LogP contribution in [0.1, 0.15) is 31.0 Å². The summed E-state index contributed by atoms with van der Waals surface area (Å²) in [6.07, 6.45) is -0.668. The standard InChI is InChI=1S/C19H22N2O5S/c1-19(2)11-13-9-14(26-18(22)23)7-8-16(13)21-17(19)12-5-4-6-15(10-12)27(24,25)20-3/h4-10,17,20-21H,11H2,1-3H3,(H,22,23). The molecule has 0 amide bonds. The first-order chi connectivity index (χ1) is 12.6. The predicted octanol–water partition coefficient (Wildman–Crippen LogP) is 3.39. The van der Waals surface area contributed by atoms with Gasteiger partial charge in [0.05, 0.1) is 10.9 Å². The van der Waals surface area contributed by atoms with Crippen LogP contribution in [0.3, 0.4) is 0 Å². The van der Waals surface area contributed by atoms with Crippen molar-refractivity contribution in [1.82, 2.24) is 4.72 Å². The van der Waals surface area contributed by atoms with E-state index in [0.717, 1.165) is 16.8 Å². The van der Waals surface area contributed by atoms with E-state index in [1.165, 1.54) is 7.05 Å². The molecule has 27 heavy (non-hydrogen) atoms. The molecule has 1 unspecified atom stereocenters. The van der Waals surface area contributed by atoms with Crippen molar-refractivity contribution in [3.8, 4) is 5.75 Å². The summed E-state index contributed by atoms with van der Waals surface area (Å²) in [5.41, 5.74) is 2.46. The Labute approximate surface area is 158 Å². The lowest BCUT2D eigenvalue weighted by Crippen LogP contribution is -2.35. The highest BCUT2D eigenvalue weighted by Crippen LogP contribution is 2.45. The number of fused-ring (bicyclic) bond motifs is 1. The molecule has 144 valence electrons. The zero-order valence-corrected chi connectivity index (χ0v) is 16.1. The molecule has 0 bridgehead atoms. The fourth-order valence-electron chi connectivity index (χ4n) is 3.48. The maximum absolute atomic E-state index is 12.1. The Balaban J connectivity index is 1.97. The lowest BCUT2D eigenvalue weighted by molar-refractivity contribution is 0.144. The number of hydrogen-bond donors (Lipinski definition) is 3. The summed E-state index contributed by atoms with van der Waals surface area (Å²) < 4.78 is 31.3. The molecule has 2 aromatic carbocycles. The molecule has 3 rings (SSSR count). The lowest BCUT2D eigenvalue weighted by atomic mass is 9.73. The topological polar surface area (TPSA) is 105 Å². The number of ether oxygens (including phenoxy) is 1. The molecule has 0 aromatic heterocycles. The van der Waals surface area contributed by atoms with Gasteiger partial charge in [-0.1, -0.05) is 26.0 Å². The van der Waals surface area contributed by atoms with Gasteiger partial charge in [-0.2, -0.15) is 0 Å². The number of rotatable bonds is 4. The molecule has 2 aromatic rings. The average molecular weight is 390 g/mol. The molecular weight excluding hydrogens is 368 g/mol. The summed E-state index contributed by atoms with van der Waals surface area (Å²) in [5, 5.41) is 12.2. The van der Waals surface area contributed by atoms with E-state index in [0.29, 0.717) is 6.42 Å². The van der Waals surface area contributed by atoms with E-state index in [1.54, 1.807) is 36.4 Å². The van der Waals surface area contributed by atoms with Crippen molar-refractivity contribution in [1.29, 1.82) is 0 Å². The predicted molar refractivity (Wildman–Crippen MR) is 102 cm³/mol. The molecule has 7 nitrogen and oxygen atoms in total. The third kappa shape index (κ3) is 3.91. The van der Waals surface area contributed by atoms with Crippen LogP contribution in [0.4, 0.5) is 10.5 Å². The van der Waals surface area contributed by atoms with E-state index >= 15 is 0 Å². The Bertz CT molecular complexity index is 985. The number of carboxylic acid groups (broad SMARTS) is 1. The summed E-state index contributed by atoms with van der Waals surface area (Å²) >= 11 is 0. The molecule has 0 fully saturated rings. The minimum atomic E-state index is -3.52. The molecule has 0 radical (unpaired) electrons.